The molecule has 0 aliphatic carbocycles. The first-order valence-corrected chi connectivity index (χ1v) is 8.95. The molecule has 1 unspecified atom stereocenters. The Labute approximate surface area is 164 Å². The standard InChI is InChI=1S/C21H16FN5O2/c1-29-15-7-6-10(8-13(15)22)18-12-9-24-21-17(12)16(19(20(23)28)26-27-21)11-4-2-3-5-14(11)25-18/h2-9,18,25H,1H3,(H2,23,28)(H,24,27). The van der Waals surface area contributed by atoms with E-state index in [2.05, 4.69) is 20.5 Å². The number of H-pyrrole nitrogens is 1. The number of nitrogens with one attached hydrogen (secondary N) is 2. The third kappa shape index (κ3) is 2.53. The predicted molar refractivity (Wildman–Crippen MR) is 106 cm³/mol. The summed E-state index contributed by atoms with van der Waals surface area (Å²) in [7, 11) is 1.42. The zero-order valence-corrected chi connectivity index (χ0v) is 15.4. The zero-order chi connectivity index (χ0) is 20.1. The molecule has 3 heterocycles. The van der Waals surface area contributed by atoms with Gasteiger partial charge in [0.15, 0.2) is 22.9 Å². The molecule has 1 aliphatic rings. The smallest absolute Gasteiger partial charge is 0.269 e. The van der Waals surface area contributed by atoms with Crippen LogP contribution >= 0.6 is 0 Å². The molecule has 0 spiro atoms. The number of benzene rings is 2. The Morgan fingerprint density at radius 2 is 2.03 bits per heavy atom. The highest BCUT2D eigenvalue weighted by Gasteiger charge is 2.30. The molecule has 1 aliphatic heterocycles. The Balaban J connectivity index is 1.84. The van der Waals surface area contributed by atoms with Gasteiger partial charge in [-0.3, -0.25) is 4.79 Å². The molecule has 1 atom stereocenters. The van der Waals surface area contributed by atoms with Gasteiger partial charge >= 0.3 is 0 Å². The maximum Gasteiger partial charge on any atom is 0.269 e. The fraction of sp³-hybridized carbons (Fsp3) is 0.0952. The number of carbonyl (C=O) groups excluding carboxylic acids is 1. The second kappa shape index (κ2) is 6.30. The van der Waals surface area contributed by atoms with Gasteiger partial charge in [-0.15, -0.1) is 10.2 Å². The first-order valence-electron chi connectivity index (χ1n) is 8.95. The number of aromatic amines is 1. The number of nitrogens with zero attached hydrogens (tertiary/aromatic N) is 2. The molecule has 1 amide bonds. The van der Waals surface area contributed by atoms with Crippen molar-refractivity contribution in [2.45, 2.75) is 6.04 Å². The molecule has 0 bridgehead atoms. The molecule has 7 nitrogen and oxygen atoms in total. The minimum absolute atomic E-state index is 0.0918. The van der Waals surface area contributed by atoms with Gasteiger partial charge in [-0.25, -0.2) is 4.39 Å². The SMILES string of the molecule is COc1ccc(C2Nc3ccccc3-c3c(C(N)=O)nnc4[nH]cc2c34)cc1F. The Morgan fingerprint density at radius 3 is 2.79 bits per heavy atom. The number of halogens is 1. The lowest BCUT2D eigenvalue weighted by Gasteiger charge is -2.20. The fourth-order valence-electron chi connectivity index (χ4n) is 3.88. The maximum absolute atomic E-state index is 14.4. The molecule has 4 N–H and O–H groups in total. The molecule has 8 heteroatoms. The number of primary amides is 1. The van der Waals surface area contributed by atoms with Crippen LogP contribution in [0.4, 0.5) is 10.1 Å². The van der Waals surface area contributed by atoms with Crippen LogP contribution in [0.5, 0.6) is 5.75 Å². The molecule has 2 aromatic carbocycles. The Kier molecular flexibility index (Phi) is 3.73. The van der Waals surface area contributed by atoms with Crippen molar-refractivity contribution >= 4 is 22.6 Å². The van der Waals surface area contributed by atoms with Gasteiger partial charge in [0, 0.05) is 34.0 Å². The molecule has 0 fully saturated rings. The molecule has 0 saturated heterocycles. The highest BCUT2D eigenvalue weighted by atomic mass is 19.1. The van der Waals surface area contributed by atoms with Crippen LogP contribution in [0.3, 0.4) is 0 Å². The molecule has 4 aromatic rings. The average Bonchev–Trinajstić information content (AvgIpc) is 3.09. The van der Waals surface area contributed by atoms with Crippen LogP contribution in [0, 0.1) is 5.82 Å². The topological polar surface area (TPSA) is 106 Å². The summed E-state index contributed by atoms with van der Waals surface area (Å²) in [6.45, 7) is 0. The van der Waals surface area contributed by atoms with Gasteiger partial charge in [0.2, 0.25) is 0 Å². The predicted octanol–water partition coefficient (Wildman–Crippen LogP) is 3.39. The van der Waals surface area contributed by atoms with E-state index < -0.39 is 17.8 Å². The Hall–Kier alpha value is -3.94. The van der Waals surface area contributed by atoms with E-state index >= 15 is 0 Å². The second-order valence-corrected chi connectivity index (χ2v) is 6.77. The average molecular weight is 389 g/mol. The van der Waals surface area contributed by atoms with Gasteiger partial charge in [-0.1, -0.05) is 24.3 Å². The number of para-hydroxylation sites is 1. The second-order valence-electron chi connectivity index (χ2n) is 6.77. The summed E-state index contributed by atoms with van der Waals surface area (Å²) in [6, 6.07) is 12.0. The molecular formula is C21H16FN5O2. The molecule has 0 radical (unpaired) electrons. The number of rotatable bonds is 3. The normalized spacial score (nSPS) is 14.8. The number of ether oxygens (including phenoxy) is 1. The molecule has 0 saturated carbocycles. The van der Waals surface area contributed by atoms with Gasteiger partial charge < -0.3 is 20.8 Å². The summed E-state index contributed by atoms with van der Waals surface area (Å²) in [5, 5.41) is 12.4. The Bertz CT molecular complexity index is 1280. The number of hydrogen-bond donors (Lipinski definition) is 3. The number of fused-ring (bicyclic) bond motifs is 2. The van der Waals surface area contributed by atoms with E-state index in [9.17, 15) is 9.18 Å². The van der Waals surface area contributed by atoms with E-state index in [1.807, 2.05) is 24.3 Å². The summed E-state index contributed by atoms with van der Waals surface area (Å²) in [6.07, 6.45) is 1.79. The van der Waals surface area contributed by atoms with Gasteiger partial charge in [-0.05, 0) is 23.8 Å². The van der Waals surface area contributed by atoms with Crippen LogP contribution in [0.1, 0.15) is 27.7 Å². The van der Waals surface area contributed by atoms with E-state index in [-0.39, 0.29) is 11.4 Å². The number of nitrogens with two attached hydrogens (primary N) is 1. The lowest BCUT2D eigenvalue weighted by atomic mass is 9.95. The number of amides is 1. The molecule has 29 heavy (non-hydrogen) atoms. The molecular weight excluding hydrogens is 373 g/mol. The third-order valence-corrected chi connectivity index (χ3v) is 5.18. The van der Waals surface area contributed by atoms with Gasteiger partial charge in [-0.2, -0.15) is 0 Å². The van der Waals surface area contributed by atoms with E-state index in [1.165, 1.54) is 13.2 Å². The van der Waals surface area contributed by atoms with Crippen molar-refractivity contribution < 1.29 is 13.9 Å². The van der Waals surface area contributed by atoms with Crippen molar-refractivity contribution in [3.63, 3.8) is 0 Å². The van der Waals surface area contributed by atoms with E-state index in [1.54, 1.807) is 18.3 Å². The van der Waals surface area contributed by atoms with Crippen LogP contribution in [0.2, 0.25) is 0 Å². The number of aromatic nitrogens is 3. The summed E-state index contributed by atoms with van der Waals surface area (Å²) in [4.78, 5) is 15.2. The van der Waals surface area contributed by atoms with Gasteiger partial charge in [0.1, 0.15) is 0 Å². The first kappa shape index (κ1) is 17.2. The van der Waals surface area contributed by atoms with E-state index in [0.29, 0.717) is 16.8 Å². The lowest BCUT2D eigenvalue weighted by Crippen LogP contribution is -2.15. The maximum atomic E-state index is 14.4. The highest BCUT2D eigenvalue weighted by Crippen LogP contribution is 2.44. The van der Waals surface area contributed by atoms with Gasteiger partial charge in [0.25, 0.3) is 5.91 Å². The van der Waals surface area contributed by atoms with Crippen molar-refractivity contribution in [3.05, 3.63) is 71.3 Å². The van der Waals surface area contributed by atoms with Crippen molar-refractivity contribution in [2.24, 2.45) is 5.73 Å². The summed E-state index contributed by atoms with van der Waals surface area (Å²) >= 11 is 0. The fourth-order valence-corrected chi connectivity index (χ4v) is 3.88. The minimum atomic E-state index is -0.662. The van der Waals surface area contributed by atoms with Crippen LogP contribution in [-0.2, 0) is 0 Å². The van der Waals surface area contributed by atoms with Crippen LogP contribution in [-0.4, -0.2) is 28.2 Å². The van der Waals surface area contributed by atoms with Crippen molar-refractivity contribution in [1.29, 1.82) is 0 Å². The third-order valence-electron chi connectivity index (χ3n) is 5.18. The monoisotopic (exact) mass is 389 g/mol. The van der Waals surface area contributed by atoms with E-state index in [4.69, 9.17) is 10.5 Å². The zero-order valence-electron chi connectivity index (χ0n) is 15.4. The van der Waals surface area contributed by atoms with Crippen LogP contribution < -0.4 is 15.8 Å². The Morgan fingerprint density at radius 1 is 1.21 bits per heavy atom. The number of anilines is 1. The van der Waals surface area contributed by atoms with Crippen LogP contribution in [0.15, 0.2) is 48.7 Å². The highest BCUT2D eigenvalue weighted by molar-refractivity contribution is 6.10. The summed E-state index contributed by atoms with van der Waals surface area (Å²) in [5.41, 5.74) is 9.89. The minimum Gasteiger partial charge on any atom is -0.494 e. The van der Waals surface area contributed by atoms with Crippen molar-refractivity contribution in [1.82, 2.24) is 15.2 Å². The number of carbonyl (C=O) groups is 1. The van der Waals surface area contributed by atoms with E-state index in [0.717, 1.165) is 22.2 Å². The first-order chi connectivity index (χ1) is 14.1. The van der Waals surface area contributed by atoms with Crippen molar-refractivity contribution in [2.75, 3.05) is 12.4 Å². The van der Waals surface area contributed by atoms with Gasteiger partial charge in [0.05, 0.1) is 13.2 Å². The van der Waals surface area contributed by atoms with Crippen molar-refractivity contribution in [3.8, 4) is 16.9 Å². The largest absolute Gasteiger partial charge is 0.494 e. The molecule has 2 aromatic heterocycles. The number of hydrogen-bond acceptors (Lipinski definition) is 5. The molecule has 5 rings (SSSR count). The van der Waals surface area contributed by atoms with Crippen LogP contribution in [0.25, 0.3) is 22.2 Å². The summed E-state index contributed by atoms with van der Waals surface area (Å²) < 4.78 is 19.5. The lowest BCUT2D eigenvalue weighted by molar-refractivity contribution is 0.0995. The summed E-state index contributed by atoms with van der Waals surface area (Å²) in [5.74, 6) is -0.948. The quantitative estimate of drug-likeness (QED) is 0.498. The number of methoxy groups -OCH3 is 1. The molecule has 144 valence electrons.